The first kappa shape index (κ1) is 11.3. The Morgan fingerprint density at radius 3 is 1.64 bits per heavy atom. The van der Waals surface area contributed by atoms with Gasteiger partial charge in [0.1, 0.15) is 5.76 Å². The first-order valence-corrected chi connectivity index (χ1v) is 5.11. The van der Waals surface area contributed by atoms with Crippen LogP contribution in [0, 0.1) is 6.92 Å². The molecule has 0 aliphatic heterocycles. The number of hydrogen-bond acceptors (Lipinski definition) is 2. The van der Waals surface area contributed by atoms with Crippen molar-refractivity contribution < 1.29 is 4.42 Å². The van der Waals surface area contributed by atoms with Crippen LogP contribution in [-0.2, 0) is 10.8 Å². The summed E-state index contributed by atoms with van der Waals surface area (Å²) in [6.45, 7) is 14.8. The van der Waals surface area contributed by atoms with Crippen LogP contribution < -0.4 is 0 Å². The lowest BCUT2D eigenvalue weighted by Crippen LogP contribution is -2.12. The van der Waals surface area contributed by atoms with E-state index >= 15 is 0 Å². The van der Waals surface area contributed by atoms with E-state index in [1.54, 1.807) is 0 Å². The molecule has 0 amide bonds. The van der Waals surface area contributed by atoms with E-state index in [0.29, 0.717) is 0 Å². The molecule has 0 unspecified atom stereocenters. The summed E-state index contributed by atoms with van der Waals surface area (Å²) < 4.78 is 5.83. The van der Waals surface area contributed by atoms with Crippen LogP contribution in [0.3, 0.4) is 0 Å². The van der Waals surface area contributed by atoms with Crippen molar-refractivity contribution in [3.63, 3.8) is 0 Å². The molecule has 0 radical (unpaired) electrons. The molecule has 0 aromatic carbocycles. The van der Waals surface area contributed by atoms with Crippen molar-refractivity contribution in [3.8, 4) is 0 Å². The quantitative estimate of drug-likeness (QED) is 0.632. The van der Waals surface area contributed by atoms with Gasteiger partial charge in [-0.05, 0) is 6.92 Å². The van der Waals surface area contributed by atoms with Crippen molar-refractivity contribution >= 4 is 0 Å². The van der Waals surface area contributed by atoms with E-state index in [1.165, 1.54) is 0 Å². The van der Waals surface area contributed by atoms with Crippen LogP contribution in [0.2, 0.25) is 0 Å². The molecule has 80 valence electrons. The molecule has 1 rings (SSSR count). The minimum Gasteiger partial charge on any atom is -0.444 e. The van der Waals surface area contributed by atoms with Crippen LogP contribution in [0.15, 0.2) is 4.42 Å². The topological polar surface area (TPSA) is 26.0 Å². The Morgan fingerprint density at radius 2 is 1.43 bits per heavy atom. The lowest BCUT2D eigenvalue weighted by Gasteiger charge is -2.16. The summed E-state index contributed by atoms with van der Waals surface area (Å²) in [5.74, 6) is 1.84. The average molecular weight is 195 g/mol. The second kappa shape index (κ2) is 3.11. The molecule has 1 aromatic rings. The number of nitrogens with zero attached hydrogens (tertiary/aromatic N) is 1. The van der Waals surface area contributed by atoms with Crippen LogP contribution in [0.5, 0.6) is 0 Å². The van der Waals surface area contributed by atoms with Gasteiger partial charge in [-0.25, -0.2) is 4.98 Å². The summed E-state index contributed by atoms with van der Waals surface area (Å²) in [7, 11) is 0. The molecule has 0 N–H and O–H groups in total. The number of hydrogen-bond donors (Lipinski definition) is 0. The summed E-state index contributed by atoms with van der Waals surface area (Å²) >= 11 is 0. The molecule has 0 fully saturated rings. The van der Waals surface area contributed by atoms with Gasteiger partial charge >= 0.3 is 0 Å². The molecule has 1 aromatic heterocycles. The molecule has 0 aliphatic carbocycles. The maximum absolute atomic E-state index is 5.83. The van der Waals surface area contributed by atoms with E-state index in [0.717, 1.165) is 17.3 Å². The first-order valence-electron chi connectivity index (χ1n) is 5.11. The number of aromatic nitrogens is 1. The molecule has 0 atom stereocenters. The molecule has 2 nitrogen and oxygen atoms in total. The van der Waals surface area contributed by atoms with Crippen LogP contribution in [-0.4, -0.2) is 4.98 Å². The fourth-order valence-electron chi connectivity index (χ4n) is 1.41. The van der Waals surface area contributed by atoms with Gasteiger partial charge in [-0.1, -0.05) is 41.5 Å². The number of rotatable bonds is 0. The standard InChI is InChI=1S/C12H21NO/c1-8-9(11(2,3)4)14-10(13-8)12(5,6)7/h1-7H3. The molecule has 2 heteroatoms. The van der Waals surface area contributed by atoms with Gasteiger partial charge in [0.2, 0.25) is 0 Å². The van der Waals surface area contributed by atoms with E-state index in [2.05, 4.69) is 46.5 Å². The third-order valence-corrected chi connectivity index (χ3v) is 2.12. The van der Waals surface area contributed by atoms with Crippen LogP contribution in [0.4, 0.5) is 0 Å². The predicted molar refractivity (Wildman–Crippen MR) is 58.6 cm³/mol. The van der Waals surface area contributed by atoms with Gasteiger partial charge in [0.25, 0.3) is 0 Å². The van der Waals surface area contributed by atoms with Crippen LogP contribution in [0.25, 0.3) is 0 Å². The third-order valence-electron chi connectivity index (χ3n) is 2.12. The van der Waals surface area contributed by atoms with E-state index in [-0.39, 0.29) is 10.8 Å². The minimum absolute atomic E-state index is 0.00569. The second-order valence-electron chi connectivity index (χ2n) is 5.93. The molecule has 0 aliphatic rings. The van der Waals surface area contributed by atoms with Crippen LogP contribution in [0.1, 0.15) is 58.9 Å². The van der Waals surface area contributed by atoms with Gasteiger partial charge < -0.3 is 4.42 Å². The predicted octanol–water partition coefficient (Wildman–Crippen LogP) is 3.58. The zero-order valence-electron chi connectivity index (χ0n) is 10.4. The lowest BCUT2D eigenvalue weighted by atomic mass is 9.92. The monoisotopic (exact) mass is 195 g/mol. The van der Waals surface area contributed by atoms with Crippen molar-refractivity contribution in [2.75, 3.05) is 0 Å². The fourth-order valence-corrected chi connectivity index (χ4v) is 1.41. The Morgan fingerprint density at radius 1 is 0.929 bits per heavy atom. The lowest BCUT2D eigenvalue weighted by molar-refractivity contribution is 0.334. The zero-order valence-corrected chi connectivity index (χ0v) is 10.4. The van der Waals surface area contributed by atoms with Gasteiger partial charge in [0, 0.05) is 10.8 Å². The van der Waals surface area contributed by atoms with Crippen molar-refractivity contribution in [1.82, 2.24) is 4.98 Å². The van der Waals surface area contributed by atoms with Gasteiger partial charge in [0.05, 0.1) is 5.69 Å². The summed E-state index contributed by atoms with van der Waals surface area (Å²) in [5, 5.41) is 0. The Kier molecular flexibility index (Phi) is 2.51. The van der Waals surface area contributed by atoms with Gasteiger partial charge in [-0.2, -0.15) is 0 Å². The molecule has 0 saturated carbocycles. The molecular formula is C12H21NO. The Bertz CT molecular complexity index is 323. The maximum Gasteiger partial charge on any atom is 0.200 e. The Hall–Kier alpha value is -0.790. The molecule has 0 spiro atoms. The number of oxazole rings is 1. The highest BCUT2D eigenvalue weighted by molar-refractivity contribution is 5.18. The van der Waals surface area contributed by atoms with Gasteiger partial charge in [-0.15, -0.1) is 0 Å². The van der Waals surface area contributed by atoms with E-state index < -0.39 is 0 Å². The second-order valence-corrected chi connectivity index (χ2v) is 5.93. The summed E-state index contributed by atoms with van der Waals surface area (Å²) in [5.41, 5.74) is 1.05. The highest BCUT2D eigenvalue weighted by Gasteiger charge is 2.27. The van der Waals surface area contributed by atoms with Crippen molar-refractivity contribution in [3.05, 3.63) is 17.3 Å². The summed E-state index contributed by atoms with van der Waals surface area (Å²) in [6, 6.07) is 0. The van der Waals surface area contributed by atoms with Gasteiger partial charge in [0.15, 0.2) is 5.89 Å². The fraction of sp³-hybridized carbons (Fsp3) is 0.750. The molecule has 1 heterocycles. The van der Waals surface area contributed by atoms with Crippen molar-refractivity contribution in [2.45, 2.75) is 59.3 Å². The van der Waals surface area contributed by atoms with E-state index in [9.17, 15) is 0 Å². The maximum atomic E-state index is 5.83. The largest absolute Gasteiger partial charge is 0.444 e. The Labute approximate surface area is 86.7 Å². The molecule has 0 saturated heterocycles. The third kappa shape index (κ3) is 2.17. The average Bonchev–Trinajstić information content (AvgIpc) is 2.27. The smallest absolute Gasteiger partial charge is 0.200 e. The molecular weight excluding hydrogens is 174 g/mol. The van der Waals surface area contributed by atoms with Crippen LogP contribution >= 0.6 is 0 Å². The molecule has 0 bridgehead atoms. The van der Waals surface area contributed by atoms with Crippen molar-refractivity contribution in [2.24, 2.45) is 0 Å². The first-order chi connectivity index (χ1) is 6.12. The van der Waals surface area contributed by atoms with Crippen molar-refractivity contribution in [1.29, 1.82) is 0 Å². The Balaban J connectivity index is 3.19. The van der Waals surface area contributed by atoms with E-state index in [4.69, 9.17) is 4.42 Å². The molecule has 14 heavy (non-hydrogen) atoms. The minimum atomic E-state index is -0.00569. The zero-order chi connectivity index (χ0) is 11.1. The SMILES string of the molecule is Cc1nc(C(C)(C)C)oc1C(C)(C)C. The summed E-state index contributed by atoms with van der Waals surface area (Å²) in [4.78, 5) is 4.48. The van der Waals surface area contributed by atoms with Gasteiger partial charge in [-0.3, -0.25) is 0 Å². The summed E-state index contributed by atoms with van der Waals surface area (Å²) in [6.07, 6.45) is 0. The normalized spacial score (nSPS) is 13.4. The highest BCUT2D eigenvalue weighted by atomic mass is 16.4. The number of aryl methyl sites for hydroxylation is 1. The van der Waals surface area contributed by atoms with E-state index in [1.807, 2.05) is 6.92 Å². The highest BCUT2D eigenvalue weighted by Crippen LogP contribution is 2.30.